The summed E-state index contributed by atoms with van der Waals surface area (Å²) in [6.07, 6.45) is 5.63. The molecule has 0 saturated carbocycles. The van der Waals surface area contributed by atoms with E-state index in [1.54, 1.807) is 18.2 Å². The molecule has 1 heterocycles. The van der Waals surface area contributed by atoms with Crippen molar-refractivity contribution in [2.75, 3.05) is 19.8 Å². The molecule has 1 aliphatic heterocycles. The lowest BCUT2D eigenvalue weighted by atomic mass is 10.1. The minimum Gasteiger partial charge on any atom is -0.486 e. The van der Waals surface area contributed by atoms with Crippen LogP contribution in [0.1, 0.15) is 16.8 Å². The SMILES string of the molecule is C#CCCNC(=O)c1cccc2c1OCCO2. The number of carbonyl (C=O) groups excluding carboxylic acids is 1. The van der Waals surface area contributed by atoms with Crippen LogP contribution in [-0.4, -0.2) is 25.7 Å². The summed E-state index contributed by atoms with van der Waals surface area (Å²) in [5, 5.41) is 2.73. The van der Waals surface area contributed by atoms with Crippen LogP contribution in [0.5, 0.6) is 11.5 Å². The second-order valence-electron chi connectivity index (χ2n) is 3.54. The third kappa shape index (κ3) is 2.51. The monoisotopic (exact) mass is 231 g/mol. The highest BCUT2D eigenvalue weighted by Gasteiger charge is 2.19. The molecular weight excluding hydrogens is 218 g/mol. The van der Waals surface area contributed by atoms with Crippen LogP contribution < -0.4 is 14.8 Å². The van der Waals surface area contributed by atoms with E-state index in [1.165, 1.54) is 0 Å². The van der Waals surface area contributed by atoms with Crippen molar-refractivity contribution >= 4 is 5.91 Å². The average Bonchev–Trinajstić information content (AvgIpc) is 2.38. The van der Waals surface area contributed by atoms with E-state index in [4.69, 9.17) is 15.9 Å². The number of hydrogen-bond acceptors (Lipinski definition) is 3. The smallest absolute Gasteiger partial charge is 0.255 e. The summed E-state index contributed by atoms with van der Waals surface area (Å²) in [5.41, 5.74) is 0.485. The first kappa shape index (κ1) is 11.3. The molecule has 88 valence electrons. The van der Waals surface area contributed by atoms with Gasteiger partial charge < -0.3 is 14.8 Å². The molecule has 1 N–H and O–H groups in total. The molecule has 1 aromatic rings. The average molecular weight is 231 g/mol. The number of nitrogens with one attached hydrogen (secondary N) is 1. The maximum absolute atomic E-state index is 11.9. The standard InChI is InChI=1S/C13H13NO3/c1-2-3-7-14-13(15)10-5-4-6-11-12(10)17-9-8-16-11/h1,4-6H,3,7-9H2,(H,14,15). The van der Waals surface area contributed by atoms with E-state index < -0.39 is 0 Å². The van der Waals surface area contributed by atoms with Gasteiger partial charge in [0, 0.05) is 13.0 Å². The largest absolute Gasteiger partial charge is 0.486 e. The lowest BCUT2D eigenvalue weighted by Crippen LogP contribution is -2.26. The quantitative estimate of drug-likeness (QED) is 0.628. The van der Waals surface area contributed by atoms with Crippen LogP contribution in [0.4, 0.5) is 0 Å². The Balaban J connectivity index is 2.15. The number of carbonyl (C=O) groups is 1. The normalized spacial score (nSPS) is 12.6. The van der Waals surface area contributed by atoms with Gasteiger partial charge in [0.25, 0.3) is 5.91 Å². The molecule has 0 aromatic heterocycles. The van der Waals surface area contributed by atoms with Crippen LogP contribution in [0.25, 0.3) is 0 Å². The topological polar surface area (TPSA) is 47.6 Å². The summed E-state index contributed by atoms with van der Waals surface area (Å²) in [4.78, 5) is 11.9. The molecule has 0 radical (unpaired) electrons. The van der Waals surface area contributed by atoms with Crippen LogP contribution in [0.2, 0.25) is 0 Å². The summed E-state index contributed by atoms with van der Waals surface area (Å²) in [5.74, 6) is 3.40. The Bertz CT molecular complexity index is 462. The van der Waals surface area contributed by atoms with Gasteiger partial charge in [0.05, 0.1) is 5.56 Å². The van der Waals surface area contributed by atoms with E-state index in [0.29, 0.717) is 43.2 Å². The van der Waals surface area contributed by atoms with Crippen molar-refractivity contribution in [2.45, 2.75) is 6.42 Å². The van der Waals surface area contributed by atoms with Gasteiger partial charge in [-0.15, -0.1) is 12.3 Å². The molecule has 0 saturated heterocycles. The highest BCUT2D eigenvalue weighted by atomic mass is 16.6. The summed E-state index contributed by atoms with van der Waals surface area (Å²) in [6.45, 7) is 1.43. The van der Waals surface area contributed by atoms with E-state index >= 15 is 0 Å². The molecule has 0 aliphatic carbocycles. The molecule has 17 heavy (non-hydrogen) atoms. The fourth-order valence-corrected chi connectivity index (χ4v) is 1.60. The zero-order valence-corrected chi connectivity index (χ0v) is 9.36. The number of para-hydroxylation sites is 1. The maximum atomic E-state index is 11.9. The Hall–Kier alpha value is -2.15. The molecule has 0 unspecified atom stereocenters. The van der Waals surface area contributed by atoms with Gasteiger partial charge in [-0.2, -0.15) is 0 Å². The first-order valence-corrected chi connectivity index (χ1v) is 5.43. The number of fused-ring (bicyclic) bond motifs is 1. The Kier molecular flexibility index (Phi) is 3.51. The third-order valence-corrected chi connectivity index (χ3v) is 2.37. The Morgan fingerprint density at radius 3 is 3.06 bits per heavy atom. The first-order valence-electron chi connectivity index (χ1n) is 5.43. The number of rotatable bonds is 3. The second-order valence-corrected chi connectivity index (χ2v) is 3.54. The fourth-order valence-electron chi connectivity index (χ4n) is 1.60. The predicted molar refractivity (Wildman–Crippen MR) is 63.2 cm³/mol. The number of ether oxygens (including phenoxy) is 2. The Labute approximate surface area is 99.9 Å². The van der Waals surface area contributed by atoms with Crippen LogP contribution in [0.3, 0.4) is 0 Å². The minimum atomic E-state index is -0.192. The second kappa shape index (κ2) is 5.26. The van der Waals surface area contributed by atoms with Gasteiger partial charge in [-0.1, -0.05) is 6.07 Å². The Morgan fingerprint density at radius 1 is 1.41 bits per heavy atom. The van der Waals surface area contributed by atoms with Crippen molar-refractivity contribution in [3.63, 3.8) is 0 Å². The highest BCUT2D eigenvalue weighted by molar-refractivity contribution is 5.97. The Morgan fingerprint density at radius 2 is 2.24 bits per heavy atom. The van der Waals surface area contributed by atoms with E-state index in [2.05, 4.69) is 11.2 Å². The summed E-state index contributed by atoms with van der Waals surface area (Å²) < 4.78 is 10.9. The van der Waals surface area contributed by atoms with Gasteiger partial charge >= 0.3 is 0 Å². The van der Waals surface area contributed by atoms with E-state index in [-0.39, 0.29) is 5.91 Å². The van der Waals surface area contributed by atoms with Crippen molar-refractivity contribution in [1.29, 1.82) is 0 Å². The zero-order chi connectivity index (χ0) is 12.1. The van der Waals surface area contributed by atoms with Crippen molar-refractivity contribution in [1.82, 2.24) is 5.32 Å². The van der Waals surface area contributed by atoms with Crippen LogP contribution in [0.15, 0.2) is 18.2 Å². The summed E-state index contributed by atoms with van der Waals surface area (Å²) >= 11 is 0. The number of terminal acetylenes is 1. The molecule has 0 fully saturated rings. The van der Waals surface area contributed by atoms with E-state index in [9.17, 15) is 4.79 Å². The predicted octanol–water partition coefficient (Wildman–Crippen LogP) is 1.21. The highest BCUT2D eigenvalue weighted by Crippen LogP contribution is 2.33. The van der Waals surface area contributed by atoms with Crippen molar-refractivity contribution in [3.8, 4) is 23.8 Å². The van der Waals surface area contributed by atoms with Crippen LogP contribution in [-0.2, 0) is 0 Å². The molecule has 1 aliphatic rings. The molecule has 4 heteroatoms. The van der Waals surface area contributed by atoms with Crippen molar-refractivity contribution < 1.29 is 14.3 Å². The minimum absolute atomic E-state index is 0.192. The van der Waals surface area contributed by atoms with Gasteiger partial charge in [-0.05, 0) is 12.1 Å². The van der Waals surface area contributed by atoms with Crippen LogP contribution in [0, 0.1) is 12.3 Å². The number of amides is 1. The molecule has 0 bridgehead atoms. The molecule has 1 amide bonds. The molecule has 0 atom stereocenters. The first-order chi connectivity index (χ1) is 8.33. The number of hydrogen-bond donors (Lipinski definition) is 1. The van der Waals surface area contributed by atoms with Gasteiger partial charge in [0.2, 0.25) is 0 Å². The fraction of sp³-hybridized carbons (Fsp3) is 0.308. The van der Waals surface area contributed by atoms with Gasteiger partial charge in [-0.3, -0.25) is 4.79 Å². The summed E-state index contributed by atoms with van der Waals surface area (Å²) in [7, 11) is 0. The molecular formula is C13H13NO3. The lowest BCUT2D eigenvalue weighted by Gasteiger charge is -2.20. The maximum Gasteiger partial charge on any atom is 0.255 e. The van der Waals surface area contributed by atoms with Gasteiger partial charge in [-0.25, -0.2) is 0 Å². The van der Waals surface area contributed by atoms with E-state index in [1.807, 2.05) is 0 Å². The molecule has 4 nitrogen and oxygen atoms in total. The van der Waals surface area contributed by atoms with Crippen molar-refractivity contribution in [3.05, 3.63) is 23.8 Å². The summed E-state index contributed by atoms with van der Waals surface area (Å²) in [6, 6.07) is 5.26. The zero-order valence-electron chi connectivity index (χ0n) is 9.36. The van der Waals surface area contributed by atoms with Crippen molar-refractivity contribution in [2.24, 2.45) is 0 Å². The van der Waals surface area contributed by atoms with E-state index in [0.717, 1.165) is 0 Å². The molecule has 1 aromatic carbocycles. The van der Waals surface area contributed by atoms with Gasteiger partial charge in [0.1, 0.15) is 13.2 Å². The third-order valence-electron chi connectivity index (χ3n) is 2.37. The van der Waals surface area contributed by atoms with Crippen LogP contribution >= 0.6 is 0 Å². The molecule has 0 spiro atoms. The lowest BCUT2D eigenvalue weighted by molar-refractivity contribution is 0.0943. The molecule has 2 rings (SSSR count). The number of benzene rings is 1. The van der Waals surface area contributed by atoms with Gasteiger partial charge in [0.15, 0.2) is 11.5 Å².